The van der Waals surface area contributed by atoms with Crippen molar-refractivity contribution in [2.45, 2.75) is 6.61 Å². The zero-order valence-electron chi connectivity index (χ0n) is 24.2. The van der Waals surface area contributed by atoms with E-state index in [1.807, 2.05) is 42.3 Å². The molecule has 43 heavy (non-hydrogen) atoms. The summed E-state index contributed by atoms with van der Waals surface area (Å²) in [5, 5.41) is 0. The summed E-state index contributed by atoms with van der Waals surface area (Å²) in [6, 6.07) is 20.1. The molecule has 0 atom stereocenters. The van der Waals surface area contributed by atoms with Gasteiger partial charge in [-0.2, -0.15) is 9.97 Å². The van der Waals surface area contributed by atoms with E-state index in [-0.39, 0.29) is 11.8 Å². The first-order valence-electron chi connectivity index (χ1n) is 14.2. The summed E-state index contributed by atoms with van der Waals surface area (Å²) in [6.45, 7) is 7.05. The Morgan fingerprint density at radius 1 is 1.05 bits per heavy atom. The predicted molar refractivity (Wildman–Crippen MR) is 164 cm³/mol. The van der Waals surface area contributed by atoms with Gasteiger partial charge in [0.15, 0.2) is 5.82 Å². The molecule has 1 aliphatic heterocycles. The largest absolute Gasteiger partial charge is 0.491 e. The van der Waals surface area contributed by atoms with Crippen molar-refractivity contribution >= 4 is 29.2 Å². The van der Waals surface area contributed by atoms with E-state index < -0.39 is 5.91 Å². The number of hydrogen-bond donors (Lipinski definition) is 3. The van der Waals surface area contributed by atoms with Gasteiger partial charge >= 0.3 is 5.91 Å². The first kappa shape index (κ1) is 29.6. The van der Waals surface area contributed by atoms with Crippen LogP contribution in [0.1, 0.15) is 16.2 Å². The molecule has 1 fully saturated rings. The Hall–Kier alpha value is -4.88. The Morgan fingerprint density at radius 2 is 1.84 bits per heavy atom. The maximum Gasteiger partial charge on any atom is 0.325 e. The molecule has 13 nitrogen and oxygen atoms in total. The second-order valence-electron chi connectivity index (χ2n) is 10.0. The molecule has 0 aliphatic carbocycles. The highest BCUT2D eigenvalue weighted by Crippen LogP contribution is 2.21. The van der Waals surface area contributed by atoms with Crippen molar-refractivity contribution in [1.29, 1.82) is 0 Å². The molecule has 0 unspecified atom stereocenters. The molecule has 3 heterocycles. The standard InChI is InChI=1S/C30H37N9O4/c1-37(27-21-26(33-30(31)34-27)35-36-28(40)29-32-11-18-43-29)12-13-38-14-16-39(17-15-38)24-7-9-25(10-8-24)42-20-19-41-22-23-5-3-2-4-6-23/h2-11,18,21H,12-17,19-20,22H2,1H3,(H,36,40)(H3,31,33,34,35). The van der Waals surface area contributed by atoms with Crippen LogP contribution >= 0.6 is 0 Å². The summed E-state index contributed by atoms with van der Waals surface area (Å²) in [5.41, 5.74) is 13.5. The molecule has 0 spiro atoms. The number of nitrogens with one attached hydrogen (secondary N) is 2. The number of benzene rings is 2. The summed E-state index contributed by atoms with van der Waals surface area (Å²) < 4.78 is 16.5. The van der Waals surface area contributed by atoms with E-state index in [0.29, 0.717) is 31.5 Å². The molecule has 4 aromatic rings. The Morgan fingerprint density at radius 3 is 2.58 bits per heavy atom. The van der Waals surface area contributed by atoms with Gasteiger partial charge in [-0.3, -0.25) is 20.5 Å². The number of oxazole rings is 1. The fourth-order valence-electron chi connectivity index (χ4n) is 4.59. The van der Waals surface area contributed by atoms with Gasteiger partial charge in [0, 0.05) is 58.1 Å². The number of nitrogens with zero attached hydrogens (tertiary/aromatic N) is 6. The van der Waals surface area contributed by atoms with Crippen molar-refractivity contribution in [2.75, 3.05) is 80.5 Å². The molecule has 1 amide bonds. The van der Waals surface area contributed by atoms with Gasteiger partial charge in [-0.25, -0.2) is 4.98 Å². The highest BCUT2D eigenvalue weighted by molar-refractivity contribution is 5.90. The van der Waals surface area contributed by atoms with Crippen LogP contribution in [0.25, 0.3) is 0 Å². The minimum atomic E-state index is -0.527. The number of nitrogens with two attached hydrogens (primary N) is 1. The van der Waals surface area contributed by atoms with Gasteiger partial charge in [0.05, 0.1) is 19.4 Å². The van der Waals surface area contributed by atoms with Gasteiger partial charge in [-0.1, -0.05) is 30.3 Å². The summed E-state index contributed by atoms with van der Waals surface area (Å²) >= 11 is 0. The molecule has 0 radical (unpaired) electrons. The third-order valence-electron chi connectivity index (χ3n) is 6.99. The summed E-state index contributed by atoms with van der Waals surface area (Å²) in [6.07, 6.45) is 2.72. The Bertz CT molecular complexity index is 1410. The van der Waals surface area contributed by atoms with E-state index in [0.717, 1.165) is 50.6 Å². The number of rotatable bonds is 14. The zero-order valence-corrected chi connectivity index (χ0v) is 24.2. The molecule has 13 heteroatoms. The topological polar surface area (TPSA) is 147 Å². The van der Waals surface area contributed by atoms with Gasteiger partial charge in [0.2, 0.25) is 5.95 Å². The van der Waals surface area contributed by atoms with Gasteiger partial charge in [0.1, 0.15) is 24.4 Å². The van der Waals surface area contributed by atoms with Crippen molar-refractivity contribution in [3.8, 4) is 5.75 Å². The van der Waals surface area contributed by atoms with Crippen LogP contribution in [0.3, 0.4) is 0 Å². The van der Waals surface area contributed by atoms with Crippen LogP contribution in [-0.2, 0) is 11.3 Å². The average Bonchev–Trinajstić information content (AvgIpc) is 3.59. The van der Waals surface area contributed by atoms with E-state index >= 15 is 0 Å². The molecule has 226 valence electrons. The minimum absolute atomic E-state index is 0.0609. The number of hydrazine groups is 1. The Kier molecular flexibility index (Phi) is 10.2. The van der Waals surface area contributed by atoms with Crippen molar-refractivity contribution in [3.05, 3.63) is 84.6 Å². The van der Waals surface area contributed by atoms with Crippen LogP contribution in [0.4, 0.5) is 23.3 Å². The molecule has 4 N–H and O–H groups in total. The first-order chi connectivity index (χ1) is 21.0. The van der Waals surface area contributed by atoms with Crippen LogP contribution in [0, 0.1) is 0 Å². The summed E-state index contributed by atoms with van der Waals surface area (Å²) in [5.74, 6) is 1.35. The molecule has 1 aliphatic rings. The molecule has 0 saturated carbocycles. The van der Waals surface area contributed by atoms with Crippen LogP contribution in [0.15, 0.2) is 77.5 Å². The number of hydrogen-bond acceptors (Lipinski definition) is 12. The maximum absolute atomic E-state index is 12.1. The lowest BCUT2D eigenvalue weighted by Gasteiger charge is -2.36. The van der Waals surface area contributed by atoms with Gasteiger partial charge in [-0.15, -0.1) is 0 Å². The van der Waals surface area contributed by atoms with Crippen LogP contribution < -0.4 is 31.1 Å². The maximum atomic E-state index is 12.1. The quantitative estimate of drug-likeness (QED) is 0.147. The third-order valence-corrected chi connectivity index (χ3v) is 6.99. The number of likely N-dealkylation sites (N-methyl/N-ethyl adjacent to an activating group) is 1. The van der Waals surface area contributed by atoms with Gasteiger partial charge in [-0.05, 0) is 29.8 Å². The zero-order chi connectivity index (χ0) is 29.9. The molecule has 2 aromatic heterocycles. The number of aromatic nitrogens is 3. The number of nitrogen functional groups attached to an aromatic ring is 1. The lowest BCUT2D eigenvalue weighted by Crippen LogP contribution is -2.48. The van der Waals surface area contributed by atoms with Crippen molar-refractivity contribution in [2.24, 2.45) is 0 Å². The fraction of sp³-hybridized carbons (Fsp3) is 0.333. The van der Waals surface area contributed by atoms with E-state index in [2.05, 4.69) is 59.9 Å². The smallest absolute Gasteiger partial charge is 0.325 e. The fourth-order valence-corrected chi connectivity index (χ4v) is 4.59. The third kappa shape index (κ3) is 8.80. The molecule has 0 bridgehead atoms. The number of carbonyl (C=O) groups excluding carboxylic acids is 1. The molecule has 5 rings (SSSR count). The number of piperazine rings is 1. The second kappa shape index (κ2) is 14.8. The highest BCUT2D eigenvalue weighted by Gasteiger charge is 2.18. The van der Waals surface area contributed by atoms with Crippen LogP contribution in [-0.4, -0.2) is 85.3 Å². The number of amides is 1. The molecule has 1 saturated heterocycles. The lowest BCUT2D eigenvalue weighted by molar-refractivity contribution is 0.0889. The second-order valence-corrected chi connectivity index (χ2v) is 10.0. The van der Waals surface area contributed by atoms with E-state index in [4.69, 9.17) is 19.6 Å². The minimum Gasteiger partial charge on any atom is -0.491 e. The summed E-state index contributed by atoms with van der Waals surface area (Å²) in [7, 11) is 1.95. The van der Waals surface area contributed by atoms with Gasteiger partial charge < -0.3 is 29.4 Å². The Labute approximate surface area is 250 Å². The Balaban J connectivity index is 1.00. The van der Waals surface area contributed by atoms with E-state index in [1.165, 1.54) is 18.1 Å². The lowest BCUT2D eigenvalue weighted by atomic mass is 10.2. The number of ether oxygens (including phenoxy) is 2. The van der Waals surface area contributed by atoms with Crippen molar-refractivity contribution in [1.82, 2.24) is 25.3 Å². The van der Waals surface area contributed by atoms with Crippen molar-refractivity contribution in [3.63, 3.8) is 0 Å². The monoisotopic (exact) mass is 587 g/mol. The van der Waals surface area contributed by atoms with Crippen LogP contribution in [0.2, 0.25) is 0 Å². The molecular formula is C30H37N9O4. The van der Waals surface area contributed by atoms with Crippen molar-refractivity contribution < 1.29 is 18.7 Å². The van der Waals surface area contributed by atoms with E-state index in [1.54, 1.807) is 6.07 Å². The van der Waals surface area contributed by atoms with E-state index in [9.17, 15) is 4.79 Å². The average molecular weight is 588 g/mol. The van der Waals surface area contributed by atoms with Crippen LogP contribution in [0.5, 0.6) is 5.75 Å². The summed E-state index contributed by atoms with van der Waals surface area (Å²) in [4.78, 5) is 31.2. The SMILES string of the molecule is CN(CCN1CCN(c2ccc(OCCOCc3ccccc3)cc2)CC1)c1cc(NNC(=O)c2ncco2)nc(N)n1. The number of anilines is 4. The van der Waals surface area contributed by atoms with Gasteiger partial charge in [0.25, 0.3) is 5.89 Å². The highest BCUT2D eigenvalue weighted by atomic mass is 16.5. The predicted octanol–water partition coefficient (Wildman–Crippen LogP) is 2.66. The number of carbonyl (C=O) groups is 1. The first-order valence-corrected chi connectivity index (χ1v) is 14.2. The normalized spacial score (nSPS) is 13.5. The molecule has 2 aromatic carbocycles. The molecular weight excluding hydrogens is 550 g/mol.